The molecule has 3 heteroatoms. The summed E-state index contributed by atoms with van der Waals surface area (Å²) in [6.07, 6.45) is 4.78. The lowest BCUT2D eigenvalue weighted by Crippen LogP contribution is -2.40. The van der Waals surface area contributed by atoms with E-state index in [1.54, 1.807) is 0 Å². The SMILES string of the molecule is Cc1ccc(CNC(=O)N2CCCCCC2)cc1. The Balaban J connectivity index is 1.81. The van der Waals surface area contributed by atoms with Gasteiger partial charge in [-0.1, -0.05) is 42.7 Å². The molecule has 98 valence electrons. The molecule has 1 N–H and O–H groups in total. The van der Waals surface area contributed by atoms with Gasteiger partial charge in [0.25, 0.3) is 0 Å². The lowest BCUT2D eigenvalue weighted by atomic mass is 10.1. The molecule has 0 unspecified atom stereocenters. The molecule has 2 rings (SSSR count). The molecule has 18 heavy (non-hydrogen) atoms. The van der Waals surface area contributed by atoms with Gasteiger partial charge < -0.3 is 10.2 Å². The largest absolute Gasteiger partial charge is 0.334 e. The molecule has 1 aliphatic heterocycles. The van der Waals surface area contributed by atoms with Gasteiger partial charge in [0.2, 0.25) is 0 Å². The molecule has 1 aliphatic rings. The first-order valence-corrected chi connectivity index (χ1v) is 6.84. The maximum Gasteiger partial charge on any atom is 0.317 e. The zero-order chi connectivity index (χ0) is 12.8. The van der Waals surface area contributed by atoms with Crippen LogP contribution in [-0.2, 0) is 6.54 Å². The summed E-state index contributed by atoms with van der Waals surface area (Å²) in [7, 11) is 0. The van der Waals surface area contributed by atoms with Crippen molar-refractivity contribution in [1.82, 2.24) is 10.2 Å². The van der Waals surface area contributed by atoms with E-state index in [-0.39, 0.29) is 6.03 Å². The highest BCUT2D eigenvalue weighted by Crippen LogP contribution is 2.10. The van der Waals surface area contributed by atoms with Crippen LogP contribution in [0.15, 0.2) is 24.3 Å². The van der Waals surface area contributed by atoms with Crippen LogP contribution in [0.1, 0.15) is 36.8 Å². The van der Waals surface area contributed by atoms with Crippen molar-refractivity contribution in [2.75, 3.05) is 13.1 Å². The fourth-order valence-electron chi connectivity index (χ4n) is 2.27. The van der Waals surface area contributed by atoms with Crippen molar-refractivity contribution in [3.05, 3.63) is 35.4 Å². The van der Waals surface area contributed by atoms with Gasteiger partial charge in [-0.15, -0.1) is 0 Å². The number of carbonyl (C=O) groups excluding carboxylic acids is 1. The number of nitrogens with one attached hydrogen (secondary N) is 1. The molecule has 0 bridgehead atoms. The van der Waals surface area contributed by atoms with Crippen molar-refractivity contribution in [3.8, 4) is 0 Å². The van der Waals surface area contributed by atoms with E-state index >= 15 is 0 Å². The Morgan fingerprint density at radius 3 is 2.33 bits per heavy atom. The van der Waals surface area contributed by atoms with E-state index < -0.39 is 0 Å². The van der Waals surface area contributed by atoms with Gasteiger partial charge in [0, 0.05) is 19.6 Å². The van der Waals surface area contributed by atoms with Crippen molar-refractivity contribution < 1.29 is 4.79 Å². The standard InChI is InChI=1S/C15H22N2O/c1-13-6-8-14(9-7-13)12-16-15(18)17-10-4-2-3-5-11-17/h6-9H,2-5,10-12H2,1H3,(H,16,18). The van der Waals surface area contributed by atoms with E-state index in [1.165, 1.54) is 18.4 Å². The third-order valence-electron chi connectivity index (χ3n) is 3.46. The normalized spacial score (nSPS) is 16.2. The third-order valence-corrected chi connectivity index (χ3v) is 3.46. The van der Waals surface area contributed by atoms with E-state index in [2.05, 4.69) is 36.5 Å². The summed E-state index contributed by atoms with van der Waals surface area (Å²) in [6, 6.07) is 8.37. The molecular formula is C15H22N2O. The number of rotatable bonds is 2. The fourth-order valence-corrected chi connectivity index (χ4v) is 2.27. The number of hydrogen-bond acceptors (Lipinski definition) is 1. The smallest absolute Gasteiger partial charge is 0.317 e. The van der Waals surface area contributed by atoms with Crippen molar-refractivity contribution >= 4 is 6.03 Å². The molecule has 0 aliphatic carbocycles. The van der Waals surface area contributed by atoms with Crippen LogP contribution < -0.4 is 5.32 Å². The molecular weight excluding hydrogens is 224 g/mol. The van der Waals surface area contributed by atoms with Crippen LogP contribution in [0.25, 0.3) is 0 Å². The van der Waals surface area contributed by atoms with Gasteiger partial charge in [-0.3, -0.25) is 0 Å². The van der Waals surface area contributed by atoms with Crippen LogP contribution >= 0.6 is 0 Å². The van der Waals surface area contributed by atoms with Crippen LogP contribution in [0.4, 0.5) is 4.79 Å². The summed E-state index contributed by atoms with van der Waals surface area (Å²) in [5.41, 5.74) is 2.40. The quantitative estimate of drug-likeness (QED) is 0.854. The topological polar surface area (TPSA) is 32.3 Å². The Bertz CT molecular complexity index is 378. The Hall–Kier alpha value is -1.51. The number of benzene rings is 1. The molecule has 0 saturated carbocycles. The number of aryl methyl sites for hydroxylation is 1. The molecule has 1 saturated heterocycles. The van der Waals surface area contributed by atoms with Crippen molar-refractivity contribution in [2.45, 2.75) is 39.2 Å². The van der Waals surface area contributed by atoms with Crippen LogP contribution in [0, 0.1) is 6.92 Å². The second kappa shape index (κ2) is 6.43. The fraction of sp³-hybridized carbons (Fsp3) is 0.533. The van der Waals surface area contributed by atoms with Crippen LogP contribution in [0.5, 0.6) is 0 Å². The van der Waals surface area contributed by atoms with Crippen LogP contribution in [0.2, 0.25) is 0 Å². The summed E-state index contributed by atoms with van der Waals surface area (Å²) in [5.74, 6) is 0. The summed E-state index contributed by atoms with van der Waals surface area (Å²) >= 11 is 0. The average Bonchev–Trinajstić information content (AvgIpc) is 2.66. The van der Waals surface area contributed by atoms with E-state index in [0.29, 0.717) is 6.54 Å². The summed E-state index contributed by atoms with van der Waals surface area (Å²) < 4.78 is 0. The molecule has 1 aromatic rings. The van der Waals surface area contributed by atoms with Crippen molar-refractivity contribution in [3.63, 3.8) is 0 Å². The molecule has 0 spiro atoms. The highest BCUT2D eigenvalue weighted by molar-refractivity contribution is 5.74. The van der Waals surface area contributed by atoms with Gasteiger partial charge in [0.15, 0.2) is 0 Å². The lowest BCUT2D eigenvalue weighted by molar-refractivity contribution is 0.199. The van der Waals surface area contributed by atoms with E-state index in [0.717, 1.165) is 31.5 Å². The first-order valence-electron chi connectivity index (χ1n) is 6.84. The number of urea groups is 1. The van der Waals surface area contributed by atoms with Crippen molar-refractivity contribution in [2.24, 2.45) is 0 Å². The summed E-state index contributed by atoms with van der Waals surface area (Å²) in [6.45, 7) is 4.49. The maximum atomic E-state index is 12.0. The van der Waals surface area contributed by atoms with Gasteiger partial charge in [-0.05, 0) is 25.3 Å². The lowest BCUT2D eigenvalue weighted by Gasteiger charge is -2.20. The third kappa shape index (κ3) is 3.76. The number of carbonyl (C=O) groups is 1. The van der Waals surface area contributed by atoms with Crippen LogP contribution in [0.3, 0.4) is 0 Å². The molecule has 0 radical (unpaired) electrons. The van der Waals surface area contributed by atoms with Gasteiger partial charge in [0.05, 0.1) is 0 Å². The summed E-state index contributed by atoms with van der Waals surface area (Å²) in [4.78, 5) is 14.0. The monoisotopic (exact) mass is 246 g/mol. The predicted molar refractivity (Wildman–Crippen MR) is 73.5 cm³/mol. The Morgan fingerprint density at radius 2 is 1.72 bits per heavy atom. The molecule has 1 heterocycles. The van der Waals surface area contributed by atoms with Gasteiger partial charge in [-0.25, -0.2) is 4.79 Å². The maximum absolute atomic E-state index is 12.0. The number of nitrogens with zero attached hydrogens (tertiary/aromatic N) is 1. The second-order valence-corrected chi connectivity index (χ2v) is 5.05. The summed E-state index contributed by atoms with van der Waals surface area (Å²) in [5, 5.41) is 3.00. The molecule has 3 nitrogen and oxygen atoms in total. The highest BCUT2D eigenvalue weighted by atomic mass is 16.2. The van der Waals surface area contributed by atoms with Gasteiger partial charge in [-0.2, -0.15) is 0 Å². The van der Waals surface area contributed by atoms with Gasteiger partial charge >= 0.3 is 6.03 Å². The minimum atomic E-state index is 0.0810. The van der Waals surface area contributed by atoms with Gasteiger partial charge in [0.1, 0.15) is 0 Å². The molecule has 0 atom stereocenters. The highest BCUT2D eigenvalue weighted by Gasteiger charge is 2.14. The Morgan fingerprint density at radius 1 is 1.11 bits per heavy atom. The first-order chi connectivity index (χ1) is 8.75. The average molecular weight is 246 g/mol. The second-order valence-electron chi connectivity index (χ2n) is 5.05. The predicted octanol–water partition coefficient (Wildman–Crippen LogP) is 3.08. The van der Waals surface area contributed by atoms with E-state index in [1.807, 2.05) is 4.90 Å². The van der Waals surface area contributed by atoms with E-state index in [4.69, 9.17) is 0 Å². The van der Waals surface area contributed by atoms with E-state index in [9.17, 15) is 4.79 Å². The number of likely N-dealkylation sites (tertiary alicyclic amines) is 1. The Labute approximate surface area is 109 Å². The Kier molecular flexibility index (Phi) is 4.62. The minimum absolute atomic E-state index is 0.0810. The molecule has 1 fully saturated rings. The molecule has 2 amide bonds. The minimum Gasteiger partial charge on any atom is -0.334 e. The molecule has 0 aromatic heterocycles. The number of hydrogen-bond donors (Lipinski definition) is 1. The zero-order valence-electron chi connectivity index (χ0n) is 11.1. The van der Waals surface area contributed by atoms with Crippen molar-refractivity contribution in [1.29, 1.82) is 0 Å². The zero-order valence-corrected chi connectivity index (χ0v) is 11.1. The molecule has 1 aromatic carbocycles. The van der Waals surface area contributed by atoms with Crippen LogP contribution in [-0.4, -0.2) is 24.0 Å². The first kappa shape index (κ1) is 12.9. The number of amides is 2.